The van der Waals surface area contributed by atoms with Crippen LogP contribution in [0.3, 0.4) is 0 Å². The molecule has 0 aliphatic rings. The molecule has 6 rings (SSSR count). The van der Waals surface area contributed by atoms with Crippen molar-refractivity contribution in [2.24, 2.45) is 0 Å². The van der Waals surface area contributed by atoms with Gasteiger partial charge >= 0.3 is 0 Å². The summed E-state index contributed by atoms with van der Waals surface area (Å²) in [5, 5.41) is 7.52. The van der Waals surface area contributed by atoms with Gasteiger partial charge in [0.25, 0.3) is 0 Å². The minimum Gasteiger partial charge on any atom is -0.497 e. The molecule has 4 heterocycles. The number of halogens is 1. The van der Waals surface area contributed by atoms with E-state index >= 15 is 0 Å². The number of nitrogens with one attached hydrogen (secondary N) is 2. The molecule has 7 nitrogen and oxygen atoms in total. The van der Waals surface area contributed by atoms with E-state index < -0.39 is 0 Å². The summed E-state index contributed by atoms with van der Waals surface area (Å²) in [5.74, 6) is 0.649. The van der Waals surface area contributed by atoms with Gasteiger partial charge in [0.15, 0.2) is 11.5 Å². The highest BCUT2D eigenvalue weighted by molar-refractivity contribution is 5.96. The van der Waals surface area contributed by atoms with Crippen LogP contribution in [-0.2, 0) is 0 Å². The molecule has 4 aromatic heterocycles. The highest BCUT2D eigenvalue weighted by Crippen LogP contribution is 2.33. The molecule has 6 aromatic rings. The van der Waals surface area contributed by atoms with Crippen molar-refractivity contribution in [3.05, 3.63) is 78.4 Å². The summed E-state index contributed by atoms with van der Waals surface area (Å²) in [6.45, 7) is 2.03. The van der Waals surface area contributed by atoms with Gasteiger partial charge in [-0.05, 0) is 54.4 Å². The van der Waals surface area contributed by atoms with Gasteiger partial charge in [-0.2, -0.15) is 5.10 Å². The van der Waals surface area contributed by atoms with E-state index in [0.717, 1.165) is 33.4 Å². The first kappa shape index (κ1) is 20.0. The van der Waals surface area contributed by atoms with Crippen LogP contribution in [0.1, 0.15) is 5.56 Å². The number of hydrogen-bond acceptors (Lipinski definition) is 5. The molecule has 0 aliphatic carbocycles. The monoisotopic (exact) mass is 450 g/mol. The number of aryl methyl sites for hydroxylation is 1. The SMILES string of the molecule is COc1cc(F)cc(-c2cccc3[nH]c(-c4n[nH]c5ccc(-c6cnccc6C)nc45)nc23)c1. The first-order chi connectivity index (χ1) is 16.6. The van der Waals surface area contributed by atoms with Crippen LogP contribution in [0.4, 0.5) is 4.39 Å². The average Bonchev–Trinajstić information content (AvgIpc) is 3.47. The third-order valence-electron chi connectivity index (χ3n) is 5.88. The summed E-state index contributed by atoms with van der Waals surface area (Å²) < 4.78 is 19.4. The Kier molecular flexibility index (Phi) is 4.58. The molecule has 0 aliphatic heterocycles. The summed E-state index contributed by atoms with van der Waals surface area (Å²) in [6.07, 6.45) is 3.57. The Bertz CT molecular complexity index is 1690. The first-order valence-corrected chi connectivity index (χ1v) is 10.7. The molecule has 0 radical (unpaired) electrons. The molecule has 34 heavy (non-hydrogen) atoms. The molecule has 0 amide bonds. The van der Waals surface area contributed by atoms with Gasteiger partial charge in [0.05, 0.1) is 29.4 Å². The van der Waals surface area contributed by atoms with E-state index in [1.807, 2.05) is 49.5 Å². The third-order valence-corrected chi connectivity index (χ3v) is 5.88. The number of hydrogen-bond donors (Lipinski definition) is 2. The van der Waals surface area contributed by atoms with Crippen LogP contribution in [0.5, 0.6) is 5.75 Å². The van der Waals surface area contributed by atoms with E-state index in [9.17, 15) is 4.39 Å². The number of aromatic amines is 2. The predicted octanol–water partition coefficient (Wildman–Crippen LogP) is 5.69. The molecule has 0 unspecified atom stereocenters. The maximum atomic E-state index is 14.2. The molecule has 0 fully saturated rings. The van der Waals surface area contributed by atoms with Crippen molar-refractivity contribution in [2.75, 3.05) is 7.11 Å². The quantitative estimate of drug-likeness (QED) is 0.360. The Labute approximate surface area is 193 Å². The molecule has 166 valence electrons. The number of nitrogens with zero attached hydrogens (tertiary/aromatic N) is 4. The normalized spacial score (nSPS) is 11.4. The fourth-order valence-electron chi connectivity index (χ4n) is 4.16. The fraction of sp³-hybridized carbons (Fsp3) is 0.0769. The molecule has 2 N–H and O–H groups in total. The molecular weight excluding hydrogens is 431 g/mol. The lowest BCUT2D eigenvalue weighted by molar-refractivity contribution is 0.411. The van der Waals surface area contributed by atoms with Crippen LogP contribution in [0.25, 0.3) is 56.0 Å². The first-order valence-electron chi connectivity index (χ1n) is 10.7. The Morgan fingerprint density at radius 1 is 0.912 bits per heavy atom. The lowest BCUT2D eigenvalue weighted by Gasteiger charge is -2.06. The van der Waals surface area contributed by atoms with Crippen LogP contribution in [0.15, 0.2) is 67.0 Å². The lowest BCUT2D eigenvalue weighted by Crippen LogP contribution is -1.90. The van der Waals surface area contributed by atoms with Gasteiger partial charge in [-0.25, -0.2) is 14.4 Å². The zero-order chi connectivity index (χ0) is 23.2. The molecule has 0 spiro atoms. The number of H-pyrrole nitrogens is 2. The summed E-state index contributed by atoms with van der Waals surface area (Å²) in [4.78, 5) is 17.3. The molecule has 0 saturated carbocycles. The number of fused-ring (bicyclic) bond motifs is 2. The maximum absolute atomic E-state index is 14.2. The standard InChI is InChI=1S/C26H19FN6O/c1-14-8-9-28-13-19(14)20-6-7-22-24(29-20)25(33-32-22)26-30-21-5-3-4-18(23(21)31-26)15-10-16(27)12-17(11-15)34-2/h3-13H,1-2H3,(H,30,31)(H,32,33). The van der Waals surface area contributed by atoms with Gasteiger partial charge in [0.1, 0.15) is 17.1 Å². The van der Waals surface area contributed by atoms with E-state index in [0.29, 0.717) is 33.9 Å². The van der Waals surface area contributed by atoms with Crippen LogP contribution in [0.2, 0.25) is 0 Å². The van der Waals surface area contributed by atoms with Gasteiger partial charge in [-0.3, -0.25) is 10.1 Å². The van der Waals surface area contributed by atoms with E-state index in [1.54, 1.807) is 12.3 Å². The van der Waals surface area contributed by atoms with Gasteiger partial charge < -0.3 is 9.72 Å². The Hall–Kier alpha value is -4.59. The summed E-state index contributed by atoms with van der Waals surface area (Å²) >= 11 is 0. The van der Waals surface area contributed by atoms with Crippen molar-refractivity contribution in [3.63, 3.8) is 0 Å². The van der Waals surface area contributed by atoms with E-state index in [-0.39, 0.29) is 5.82 Å². The minimum atomic E-state index is -0.372. The Morgan fingerprint density at radius 2 is 1.82 bits per heavy atom. The second-order valence-corrected chi connectivity index (χ2v) is 8.02. The van der Waals surface area contributed by atoms with E-state index in [2.05, 4.69) is 20.2 Å². The fourth-order valence-corrected chi connectivity index (χ4v) is 4.16. The van der Waals surface area contributed by atoms with Gasteiger partial charge in [0.2, 0.25) is 0 Å². The summed E-state index contributed by atoms with van der Waals surface area (Å²) in [7, 11) is 1.52. The minimum absolute atomic E-state index is 0.372. The summed E-state index contributed by atoms with van der Waals surface area (Å²) in [5.41, 5.74) is 7.96. The van der Waals surface area contributed by atoms with Crippen molar-refractivity contribution in [3.8, 4) is 39.7 Å². The lowest BCUT2D eigenvalue weighted by atomic mass is 10.0. The van der Waals surface area contributed by atoms with Crippen LogP contribution >= 0.6 is 0 Å². The second-order valence-electron chi connectivity index (χ2n) is 8.02. The van der Waals surface area contributed by atoms with Crippen molar-refractivity contribution in [1.82, 2.24) is 30.1 Å². The Morgan fingerprint density at radius 3 is 2.68 bits per heavy atom. The Balaban J connectivity index is 1.51. The third kappa shape index (κ3) is 3.27. The van der Waals surface area contributed by atoms with Crippen molar-refractivity contribution < 1.29 is 9.13 Å². The van der Waals surface area contributed by atoms with Crippen LogP contribution in [0, 0.1) is 12.7 Å². The van der Waals surface area contributed by atoms with Gasteiger partial charge in [0, 0.05) is 29.6 Å². The maximum Gasteiger partial charge on any atom is 0.161 e. The number of pyridine rings is 2. The zero-order valence-corrected chi connectivity index (χ0v) is 18.4. The highest BCUT2D eigenvalue weighted by Gasteiger charge is 2.17. The smallest absolute Gasteiger partial charge is 0.161 e. The number of ether oxygens (including phenoxy) is 1. The van der Waals surface area contributed by atoms with Crippen molar-refractivity contribution in [1.29, 1.82) is 0 Å². The van der Waals surface area contributed by atoms with Crippen LogP contribution < -0.4 is 4.74 Å². The van der Waals surface area contributed by atoms with Gasteiger partial charge in [-0.1, -0.05) is 12.1 Å². The van der Waals surface area contributed by atoms with Gasteiger partial charge in [-0.15, -0.1) is 0 Å². The number of imidazole rings is 1. The number of benzene rings is 2. The number of rotatable bonds is 4. The zero-order valence-electron chi connectivity index (χ0n) is 18.4. The van der Waals surface area contributed by atoms with Crippen molar-refractivity contribution in [2.45, 2.75) is 6.92 Å². The van der Waals surface area contributed by atoms with E-state index in [4.69, 9.17) is 14.7 Å². The van der Waals surface area contributed by atoms with Crippen molar-refractivity contribution >= 4 is 22.1 Å². The predicted molar refractivity (Wildman–Crippen MR) is 129 cm³/mol. The highest BCUT2D eigenvalue weighted by atomic mass is 19.1. The molecule has 0 bridgehead atoms. The molecular formula is C26H19FN6O. The molecule has 0 atom stereocenters. The topological polar surface area (TPSA) is 92.4 Å². The molecule has 8 heteroatoms. The molecule has 0 saturated heterocycles. The number of aromatic nitrogens is 6. The second kappa shape index (κ2) is 7.77. The van der Waals surface area contributed by atoms with Crippen LogP contribution in [-0.4, -0.2) is 37.2 Å². The molecule has 2 aromatic carbocycles. The number of methoxy groups -OCH3 is 1. The summed E-state index contributed by atoms with van der Waals surface area (Å²) in [6, 6.07) is 16.2. The average molecular weight is 450 g/mol. The van der Waals surface area contributed by atoms with E-state index in [1.165, 1.54) is 19.2 Å². The largest absolute Gasteiger partial charge is 0.497 e. The number of para-hydroxylation sites is 1.